The molecule has 1 aliphatic rings. The van der Waals surface area contributed by atoms with E-state index in [2.05, 4.69) is 5.32 Å². The molecule has 1 aliphatic heterocycles. The number of carbonyl (C=O) groups excluding carboxylic acids is 2. The molecule has 0 radical (unpaired) electrons. The molecule has 0 unspecified atom stereocenters. The van der Waals surface area contributed by atoms with Gasteiger partial charge in [-0.05, 0) is 37.1 Å². The smallest absolute Gasteiger partial charge is 0.323 e. The van der Waals surface area contributed by atoms with Crippen LogP contribution >= 0.6 is 23.4 Å². The van der Waals surface area contributed by atoms with Gasteiger partial charge in [0.1, 0.15) is 5.54 Å². The number of hydrogen-bond donors (Lipinski definition) is 1. The Morgan fingerprint density at radius 2 is 1.81 bits per heavy atom. The first kappa shape index (κ1) is 16.2. The Balaban J connectivity index is 1.93. The Morgan fingerprint density at radius 1 is 1.19 bits per heavy atom. The molecule has 0 aliphatic carbocycles. The molecule has 0 aromatic heterocycles. The molecule has 0 spiro atoms. The third-order valence-corrected chi connectivity index (χ3v) is 5.09. The van der Waals surface area contributed by atoms with Crippen LogP contribution in [0.1, 0.15) is 26.7 Å². The summed E-state index contributed by atoms with van der Waals surface area (Å²) >= 11 is 7.44. The standard InChI is InChI=1S/C15H19ClN2O2S/c1-3-15(4-2)13(19)18(14(20)17-15)9-10-21-12-7-5-11(16)6-8-12/h5-8H,3-4,9-10H2,1-2H3,(H,17,20). The van der Waals surface area contributed by atoms with E-state index in [4.69, 9.17) is 11.6 Å². The van der Waals surface area contributed by atoms with E-state index in [-0.39, 0.29) is 11.9 Å². The highest BCUT2D eigenvalue weighted by Crippen LogP contribution is 2.26. The second-order valence-corrected chi connectivity index (χ2v) is 6.58. The fraction of sp³-hybridized carbons (Fsp3) is 0.467. The van der Waals surface area contributed by atoms with Gasteiger partial charge in [-0.15, -0.1) is 11.8 Å². The lowest BCUT2D eigenvalue weighted by Crippen LogP contribution is -2.45. The lowest BCUT2D eigenvalue weighted by Gasteiger charge is -2.23. The molecule has 0 atom stereocenters. The zero-order chi connectivity index (χ0) is 15.5. The lowest BCUT2D eigenvalue weighted by atomic mass is 9.93. The van der Waals surface area contributed by atoms with Crippen molar-refractivity contribution in [2.45, 2.75) is 37.1 Å². The zero-order valence-corrected chi connectivity index (χ0v) is 13.8. The van der Waals surface area contributed by atoms with Crippen LogP contribution in [0.3, 0.4) is 0 Å². The third-order valence-electron chi connectivity index (χ3n) is 3.85. The van der Waals surface area contributed by atoms with Gasteiger partial charge in [0.25, 0.3) is 5.91 Å². The van der Waals surface area contributed by atoms with Crippen LogP contribution in [0.15, 0.2) is 29.2 Å². The van der Waals surface area contributed by atoms with Gasteiger partial charge in [0.05, 0.1) is 0 Å². The highest BCUT2D eigenvalue weighted by atomic mass is 35.5. The molecule has 1 aromatic carbocycles. The van der Waals surface area contributed by atoms with Crippen molar-refractivity contribution in [3.05, 3.63) is 29.3 Å². The molecule has 0 saturated carbocycles. The van der Waals surface area contributed by atoms with Gasteiger partial charge >= 0.3 is 6.03 Å². The maximum atomic E-state index is 12.4. The number of thioether (sulfide) groups is 1. The minimum Gasteiger partial charge on any atom is -0.323 e. The monoisotopic (exact) mass is 326 g/mol. The predicted octanol–water partition coefficient (Wildman–Crippen LogP) is 3.54. The van der Waals surface area contributed by atoms with Crippen LogP contribution in [-0.4, -0.2) is 34.7 Å². The minimum atomic E-state index is -0.706. The summed E-state index contributed by atoms with van der Waals surface area (Å²) in [7, 11) is 0. The largest absolute Gasteiger partial charge is 0.325 e. The summed E-state index contributed by atoms with van der Waals surface area (Å²) < 4.78 is 0. The number of amides is 3. The molecule has 21 heavy (non-hydrogen) atoms. The fourth-order valence-electron chi connectivity index (χ4n) is 2.39. The third kappa shape index (κ3) is 3.35. The van der Waals surface area contributed by atoms with E-state index in [1.165, 1.54) is 4.90 Å². The quantitative estimate of drug-likeness (QED) is 0.642. The summed E-state index contributed by atoms with van der Waals surface area (Å²) in [6.45, 7) is 4.26. The van der Waals surface area contributed by atoms with Crippen molar-refractivity contribution in [1.29, 1.82) is 0 Å². The van der Waals surface area contributed by atoms with Crippen molar-refractivity contribution < 1.29 is 9.59 Å². The maximum absolute atomic E-state index is 12.4. The minimum absolute atomic E-state index is 0.103. The molecule has 1 saturated heterocycles. The van der Waals surface area contributed by atoms with E-state index in [0.29, 0.717) is 30.2 Å². The molecule has 4 nitrogen and oxygen atoms in total. The van der Waals surface area contributed by atoms with Crippen molar-refractivity contribution in [3.8, 4) is 0 Å². The van der Waals surface area contributed by atoms with Crippen LogP contribution in [-0.2, 0) is 4.79 Å². The van der Waals surface area contributed by atoms with E-state index >= 15 is 0 Å². The summed E-state index contributed by atoms with van der Waals surface area (Å²) in [5.41, 5.74) is -0.706. The zero-order valence-electron chi connectivity index (χ0n) is 12.2. The molecule has 1 fully saturated rings. The number of hydrogen-bond acceptors (Lipinski definition) is 3. The molecule has 6 heteroatoms. The average Bonchev–Trinajstić information content (AvgIpc) is 2.73. The number of benzene rings is 1. The van der Waals surface area contributed by atoms with Crippen molar-refractivity contribution in [1.82, 2.24) is 10.2 Å². The van der Waals surface area contributed by atoms with E-state index in [0.717, 1.165) is 4.90 Å². The van der Waals surface area contributed by atoms with E-state index in [1.807, 2.05) is 38.1 Å². The van der Waals surface area contributed by atoms with Gasteiger partial charge in [-0.25, -0.2) is 4.79 Å². The molecular weight excluding hydrogens is 308 g/mol. The van der Waals surface area contributed by atoms with Crippen LogP contribution in [0.5, 0.6) is 0 Å². The first-order valence-corrected chi connectivity index (χ1v) is 8.41. The van der Waals surface area contributed by atoms with Crippen LogP contribution in [0.2, 0.25) is 5.02 Å². The van der Waals surface area contributed by atoms with Crippen LogP contribution in [0.4, 0.5) is 4.79 Å². The first-order chi connectivity index (χ1) is 10.0. The Labute approximate surface area is 134 Å². The Hall–Kier alpha value is -1.20. The number of nitrogens with zero attached hydrogens (tertiary/aromatic N) is 1. The van der Waals surface area contributed by atoms with E-state index in [9.17, 15) is 9.59 Å². The van der Waals surface area contributed by atoms with Gasteiger partial charge in [0.15, 0.2) is 0 Å². The van der Waals surface area contributed by atoms with E-state index < -0.39 is 5.54 Å². The van der Waals surface area contributed by atoms with Crippen LogP contribution in [0, 0.1) is 0 Å². The fourth-order valence-corrected chi connectivity index (χ4v) is 3.36. The number of carbonyl (C=O) groups is 2. The second-order valence-electron chi connectivity index (χ2n) is 4.98. The summed E-state index contributed by atoms with van der Waals surface area (Å²) in [6.07, 6.45) is 1.24. The molecule has 3 amide bonds. The summed E-state index contributed by atoms with van der Waals surface area (Å²) in [4.78, 5) is 26.8. The molecule has 1 N–H and O–H groups in total. The summed E-state index contributed by atoms with van der Waals surface area (Å²) in [6, 6.07) is 7.25. The first-order valence-electron chi connectivity index (χ1n) is 7.05. The number of halogens is 1. The number of urea groups is 1. The van der Waals surface area contributed by atoms with Gasteiger partial charge in [-0.3, -0.25) is 9.69 Å². The number of rotatable bonds is 6. The SMILES string of the molecule is CCC1(CC)NC(=O)N(CCSc2ccc(Cl)cc2)C1=O. The van der Waals surface area contributed by atoms with Gasteiger partial charge in [0, 0.05) is 22.2 Å². The Bertz CT molecular complexity index is 529. The predicted molar refractivity (Wildman–Crippen MR) is 85.7 cm³/mol. The van der Waals surface area contributed by atoms with Crippen molar-refractivity contribution in [2.75, 3.05) is 12.3 Å². The molecule has 0 bridgehead atoms. The van der Waals surface area contributed by atoms with Crippen molar-refractivity contribution in [2.24, 2.45) is 0 Å². The van der Waals surface area contributed by atoms with Crippen LogP contribution in [0.25, 0.3) is 0 Å². The summed E-state index contributed by atoms with van der Waals surface area (Å²) in [5.74, 6) is 0.568. The van der Waals surface area contributed by atoms with Gasteiger partial charge < -0.3 is 5.32 Å². The van der Waals surface area contributed by atoms with Crippen LogP contribution < -0.4 is 5.32 Å². The van der Waals surface area contributed by atoms with Crippen molar-refractivity contribution >= 4 is 35.3 Å². The Kier molecular flexibility index (Phi) is 5.17. The Morgan fingerprint density at radius 3 is 2.33 bits per heavy atom. The topological polar surface area (TPSA) is 49.4 Å². The lowest BCUT2D eigenvalue weighted by molar-refractivity contribution is -0.131. The van der Waals surface area contributed by atoms with Crippen molar-refractivity contribution in [3.63, 3.8) is 0 Å². The summed E-state index contributed by atoms with van der Waals surface area (Å²) in [5, 5.41) is 3.53. The number of imide groups is 1. The van der Waals surface area contributed by atoms with E-state index in [1.54, 1.807) is 11.8 Å². The maximum Gasteiger partial charge on any atom is 0.325 e. The second kappa shape index (κ2) is 6.71. The molecule has 114 valence electrons. The highest BCUT2D eigenvalue weighted by Gasteiger charge is 2.48. The van der Waals surface area contributed by atoms with Gasteiger partial charge in [0.2, 0.25) is 0 Å². The molecule has 1 aromatic rings. The molecule has 1 heterocycles. The normalized spacial score (nSPS) is 17.2. The number of nitrogens with one attached hydrogen (secondary N) is 1. The average molecular weight is 327 g/mol. The highest BCUT2D eigenvalue weighted by molar-refractivity contribution is 7.99. The molecule has 2 rings (SSSR count). The molecular formula is C15H19ClN2O2S. The van der Waals surface area contributed by atoms with Gasteiger partial charge in [-0.2, -0.15) is 0 Å². The van der Waals surface area contributed by atoms with Gasteiger partial charge in [-0.1, -0.05) is 25.4 Å².